The Morgan fingerprint density at radius 2 is 2.56 bits per heavy atom. The van der Waals surface area contributed by atoms with E-state index in [4.69, 9.17) is 16.3 Å². The van der Waals surface area contributed by atoms with Gasteiger partial charge in [-0.2, -0.15) is 0 Å². The summed E-state index contributed by atoms with van der Waals surface area (Å²) in [7, 11) is 0. The highest BCUT2D eigenvalue weighted by Crippen LogP contribution is 2.06. The predicted octanol–water partition coefficient (Wildman–Crippen LogP) is 0.903. The smallest absolute Gasteiger partial charge is 0.143 e. The van der Waals surface area contributed by atoms with E-state index >= 15 is 0 Å². The molecule has 1 aliphatic rings. The van der Waals surface area contributed by atoms with E-state index in [1.54, 1.807) is 0 Å². The Labute approximate surface area is 60.7 Å². The van der Waals surface area contributed by atoms with Crippen LogP contribution in [-0.4, -0.2) is 36.7 Å². The molecule has 1 rings (SSSR count). The fourth-order valence-electron chi connectivity index (χ4n) is 0.944. The maximum atomic E-state index is 5.73. The Morgan fingerprint density at radius 3 is 3.00 bits per heavy atom. The third kappa shape index (κ3) is 2.12. The minimum absolute atomic E-state index is 0.0845. The quantitative estimate of drug-likeness (QED) is 0.514. The van der Waals surface area contributed by atoms with Gasteiger partial charge in [-0.05, 0) is 6.54 Å². The normalized spacial score (nSPS) is 30.7. The average Bonchev–Trinajstić information content (AvgIpc) is 1.88. The molecule has 1 fully saturated rings. The standard InChI is InChI=1S/C6H12ClNO/c1-2-8-3-4-9-6(7)5-8/h6H,2-5H2,1H3. The molecule has 0 spiro atoms. The van der Waals surface area contributed by atoms with Crippen LogP contribution < -0.4 is 0 Å². The van der Waals surface area contributed by atoms with Crippen molar-refractivity contribution in [1.82, 2.24) is 4.90 Å². The molecule has 3 heteroatoms. The molecule has 0 radical (unpaired) electrons. The summed E-state index contributed by atoms with van der Waals surface area (Å²) in [5, 5.41) is 0. The largest absolute Gasteiger partial charge is 0.360 e. The van der Waals surface area contributed by atoms with Gasteiger partial charge < -0.3 is 4.74 Å². The Bertz CT molecular complexity index is 89.1. The first-order chi connectivity index (χ1) is 4.33. The molecule has 9 heavy (non-hydrogen) atoms. The van der Waals surface area contributed by atoms with E-state index in [0.717, 1.165) is 26.2 Å². The van der Waals surface area contributed by atoms with Crippen molar-refractivity contribution in [2.75, 3.05) is 26.2 Å². The number of rotatable bonds is 1. The minimum atomic E-state index is -0.0845. The summed E-state index contributed by atoms with van der Waals surface area (Å²) in [5.41, 5.74) is -0.0845. The van der Waals surface area contributed by atoms with Crippen LogP contribution in [0.1, 0.15) is 6.92 Å². The lowest BCUT2D eigenvalue weighted by Crippen LogP contribution is -2.39. The molecule has 1 saturated heterocycles. The Kier molecular flexibility index (Phi) is 2.76. The van der Waals surface area contributed by atoms with E-state index < -0.39 is 0 Å². The van der Waals surface area contributed by atoms with Gasteiger partial charge in [0.15, 0.2) is 0 Å². The highest BCUT2D eigenvalue weighted by Gasteiger charge is 2.15. The zero-order chi connectivity index (χ0) is 6.69. The third-order valence-electron chi connectivity index (χ3n) is 1.56. The van der Waals surface area contributed by atoms with Crippen molar-refractivity contribution in [3.05, 3.63) is 0 Å². The summed E-state index contributed by atoms with van der Waals surface area (Å²) in [5.74, 6) is 0. The number of halogens is 1. The van der Waals surface area contributed by atoms with Gasteiger partial charge in [0, 0.05) is 13.1 Å². The average molecular weight is 150 g/mol. The van der Waals surface area contributed by atoms with Crippen LogP contribution in [0.2, 0.25) is 0 Å². The summed E-state index contributed by atoms with van der Waals surface area (Å²) in [4.78, 5) is 2.28. The molecule has 0 saturated carbocycles. The van der Waals surface area contributed by atoms with Gasteiger partial charge in [0.05, 0.1) is 6.61 Å². The molecule has 54 valence electrons. The van der Waals surface area contributed by atoms with Crippen LogP contribution in [0.5, 0.6) is 0 Å². The van der Waals surface area contributed by atoms with Crippen molar-refractivity contribution in [3.8, 4) is 0 Å². The molecule has 1 aliphatic heterocycles. The van der Waals surface area contributed by atoms with Crippen LogP contribution in [0.15, 0.2) is 0 Å². The van der Waals surface area contributed by atoms with Gasteiger partial charge in [-0.3, -0.25) is 4.90 Å². The maximum Gasteiger partial charge on any atom is 0.143 e. The second-order valence-electron chi connectivity index (χ2n) is 2.17. The van der Waals surface area contributed by atoms with E-state index in [0.29, 0.717) is 0 Å². The summed E-state index contributed by atoms with van der Waals surface area (Å²) in [6, 6.07) is 0. The Morgan fingerprint density at radius 1 is 1.78 bits per heavy atom. The summed E-state index contributed by atoms with van der Waals surface area (Å²) >= 11 is 5.73. The number of morpholine rings is 1. The molecular formula is C6H12ClNO. The van der Waals surface area contributed by atoms with Crippen molar-refractivity contribution in [1.29, 1.82) is 0 Å². The second kappa shape index (κ2) is 3.40. The van der Waals surface area contributed by atoms with Crippen LogP contribution in [-0.2, 0) is 4.74 Å². The van der Waals surface area contributed by atoms with Crippen LogP contribution in [0.3, 0.4) is 0 Å². The van der Waals surface area contributed by atoms with Gasteiger partial charge in [-0.1, -0.05) is 18.5 Å². The fraction of sp³-hybridized carbons (Fsp3) is 1.00. The molecule has 0 aromatic carbocycles. The first-order valence-corrected chi connectivity index (χ1v) is 3.74. The maximum absolute atomic E-state index is 5.73. The lowest BCUT2D eigenvalue weighted by molar-refractivity contribution is 0.0164. The molecule has 0 bridgehead atoms. The van der Waals surface area contributed by atoms with E-state index in [1.165, 1.54) is 0 Å². The SMILES string of the molecule is CCN1CCOC(Cl)C1. The number of likely N-dealkylation sites (N-methyl/N-ethyl adjacent to an activating group) is 1. The van der Waals surface area contributed by atoms with E-state index in [2.05, 4.69) is 11.8 Å². The molecule has 1 atom stereocenters. The summed E-state index contributed by atoms with van der Waals surface area (Å²) < 4.78 is 5.13. The van der Waals surface area contributed by atoms with Gasteiger partial charge in [0.2, 0.25) is 0 Å². The van der Waals surface area contributed by atoms with Gasteiger partial charge in [0.25, 0.3) is 0 Å². The summed E-state index contributed by atoms with van der Waals surface area (Å²) in [6.45, 7) is 5.89. The lowest BCUT2D eigenvalue weighted by atomic mass is 10.4. The zero-order valence-electron chi connectivity index (χ0n) is 5.64. The molecule has 2 nitrogen and oxygen atoms in total. The zero-order valence-corrected chi connectivity index (χ0v) is 6.40. The highest BCUT2D eigenvalue weighted by molar-refractivity contribution is 6.19. The molecule has 0 amide bonds. The minimum Gasteiger partial charge on any atom is -0.360 e. The van der Waals surface area contributed by atoms with E-state index in [1.807, 2.05) is 0 Å². The number of alkyl halides is 1. The molecule has 0 aromatic rings. The molecule has 0 aliphatic carbocycles. The predicted molar refractivity (Wildman–Crippen MR) is 37.7 cm³/mol. The molecule has 1 heterocycles. The van der Waals surface area contributed by atoms with Crippen molar-refractivity contribution in [2.24, 2.45) is 0 Å². The number of ether oxygens (including phenoxy) is 1. The van der Waals surface area contributed by atoms with Crippen molar-refractivity contribution < 1.29 is 4.74 Å². The third-order valence-corrected chi connectivity index (χ3v) is 1.82. The van der Waals surface area contributed by atoms with Gasteiger partial charge >= 0.3 is 0 Å². The Hall–Kier alpha value is 0.210. The number of nitrogens with zero attached hydrogens (tertiary/aromatic N) is 1. The summed E-state index contributed by atoms with van der Waals surface area (Å²) in [6.07, 6.45) is 0. The topological polar surface area (TPSA) is 12.5 Å². The van der Waals surface area contributed by atoms with Gasteiger partial charge in [-0.15, -0.1) is 0 Å². The monoisotopic (exact) mass is 149 g/mol. The van der Waals surface area contributed by atoms with E-state index in [-0.39, 0.29) is 5.56 Å². The number of hydrogen-bond acceptors (Lipinski definition) is 2. The van der Waals surface area contributed by atoms with Crippen molar-refractivity contribution in [3.63, 3.8) is 0 Å². The first-order valence-electron chi connectivity index (χ1n) is 3.31. The number of hydrogen-bond donors (Lipinski definition) is 0. The lowest BCUT2D eigenvalue weighted by Gasteiger charge is -2.28. The highest BCUT2D eigenvalue weighted by atomic mass is 35.5. The fourth-order valence-corrected chi connectivity index (χ4v) is 1.23. The molecular weight excluding hydrogens is 138 g/mol. The van der Waals surface area contributed by atoms with Crippen molar-refractivity contribution >= 4 is 11.6 Å². The van der Waals surface area contributed by atoms with Gasteiger partial charge in [0.1, 0.15) is 5.56 Å². The molecule has 1 unspecified atom stereocenters. The molecule has 0 aromatic heterocycles. The Balaban J connectivity index is 2.23. The second-order valence-corrected chi connectivity index (χ2v) is 2.66. The van der Waals surface area contributed by atoms with E-state index in [9.17, 15) is 0 Å². The van der Waals surface area contributed by atoms with Crippen LogP contribution in [0.4, 0.5) is 0 Å². The van der Waals surface area contributed by atoms with Crippen molar-refractivity contribution in [2.45, 2.75) is 12.5 Å². The molecule has 0 N–H and O–H groups in total. The van der Waals surface area contributed by atoms with Crippen LogP contribution in [0.25, 0.3) is 0 Å². The first kappa shape index (κ1) is 7.32. The van der Waals surface area contributed by atoms with Gasteiger partial charge in [-0.25, -0.2) is 0 Å². The van der Waals surface area contributed by atoms with Crippen LogP contribution >= 0.6 is 11.6 Å². The van der Waals surface area contributed by atoms with Crippen LogP contribution in [0, 0.1) is 0 Å².